The molecule has 0 radical (unpaired) electrons. The summed E-state index contributed by atoms with van der Waals surface area (Å²) in [5.74, 6) is -1.38. The summed E-state index contributed by atoms with van der Waals surface area (Å²) in [6.07, 6.45) is 2.24. The number of aliphatic hydroxyl groups is 1. The number of rotatable bonds is 2. The van der Waals surface area contributed by atoms with Crippen LogP contribution in [0.3, 0.4) is 0 Å². The maximum absolute atomic E-state index is 10.8. The highest BCUT2D eigenvalue weighted by atomic mass is 16.6. The number of carbonyl (C=O) groups is 1. The van der Waals surface area contributed by atoms with Gasteiger partial charge in [-0.2, -0.15) is 0 Å². The molecule has 4 heteroatoms. The zero-order valence-electron chi connectivity index (χ0n) is 7.25. The molecule has 0 aromatic heterocycles. The molecule has 1 rings (SSSR count). The van der Waals surface area contributed by atoms with Gasteiger partial charge in [-0.25, -0.2) is 0 Å². The number of amides is 1. The summed E-state index contributed by atoms with van der Waals surface area (Å²) in [6.45, 7) is 0. The SMILES string of the molecule is COC1(O)CCC(C(N)=O)CC1. The first-order valence-electron chi connectivity index (χ1n) is 4.14. The largest absolute Gasteiger partial charge is 0.369 e. The van der Waals surface area contributed by atoms with E-state index in [0.29, 0.717) is 25.7 Å². The van der Waals surface area contributed by atoms with E-state index in [-0.39, 0.29) is 11.8 Å². The highest BCUT2D eigenvalue weighted by molar-refractivity contribution is 5.76. The zero-order valence-corrected chi connectivity index (χ0v) is 7.25. The van der Waals surface area contributed by atoms with Crippen molar-refractivity contribution in [2.45, 2.75) is 31.5 Å². The van der Waals surface area contributed by atoms with E-state index in [1.54, 1.807) is 0 Å². The second-order valence-corrected chi connectivity index (χ2v) is 3.33. The Bertz CT molecular complexity index is 173. The Morgan fingerprint density at radius 1 is 1.58 bits per heavy atom. The molecule has 70 valence electrons. The van der Waals surface area contributed by atoms with Crippen molar-refractivity contribution < 1.29 is 14.6 Å². The van der Waals surface area contributed by atoms with Crippen molar-refractivity contribution in [1.29, 1.82) is 0 Å². The number of carbonyl (C=O) groups excluding carboxylic acids is 1. The molecule has 0 unspecified atom stereocenters. The Morgan fingerprint density at radius 2 is 2.08 bits per heavy atom. The Morgan fingerprint density at radius 3 is 2.42 bits per heavy atom. The van der Waals surface area contributed by atoms with Gasteiger partial charge < -0.3 is 15.6 Å². The molecule has 0 saturated heterocycles. The lowest BCUT2D eigenvalue weighted by molar-refractivity contribution is -0.207. The summed E-state index contributed by atoms with van der Waals surface area (Å²) in [6, 6.07) is 0. The highest BCUT2D eigenvalue weighted by Gasteiger charge is 2.34. The molecule has 0 atom stereocenters. The minimum atomic E-state index is -1.02. The number of ether oxygens (including phenoxy) is 1. The second-order valence-electron chi connectivity index (χ2n) is 3.33. The number of primary amides is 1. The second kappa shape index (κ2) is 3.41. The fourth-order valence-electron chi connectivity index (χ4n) is 1.56. The Balaban J connectivity index is 2.44. The van der Waals surface area contributed by atoms with E-state index in [4.69, 9.17) is 10.5 Å². The van der Waals surface area contributed by atoms with Crippen LogP contribution in [-0.4, -0.2) is 23.9 Å². The van der Waals surface area contributed by atoms with Gasteiger partial charge in [0, 0.05) is 25.9 Å². The van der Waals surface area contributed by atoms with Crippen molar-refractivity contribution >= 4 is 5.91 Å². The third-order valence-electron chi connectivity index (χ3n) is 2.55. The monoisotopic (exact) mass is 173 g/mol. The number of hydrogen-bond acceptors (Lipinski definition) is 3. The molecule has 12 heavy (non-hydrogen) atoms. The molecule has 0 heterocycles. The average Bonchev–Trinajstić information content (AvgIpc) is 2.05. The lowest BCUT2D eigenvalue weighted by atomic mass is 9.85. The summed E-state index contributed by atoms with van der Waals surface area (Å²) in [5.41, 5.74) is 5.14. The van der Waals surface area contributed by atoms with E-state index in [1.165, 1.54) is 7.11 Å². The van der Waals surface area contributed by atoms with Crippen LogP contribution in [-0.2, 0) is 9.53 Å². The van der Waals surface area contributed by atoms with Gasteiger partial charge in [0.05, 0.1) is 0 Å². The van der Waals surface area contributed by atoms with Crippen molar-refractivity contribution in [2.24, 2.45) is 11.7 Å². The van der Waals surface area contributed by atoms with Crippen LogP contribution in [0.15, 0.2) is 0 Å². The van der Waals surface area contributed by atoms with Crippen LogP contribution >= 0.6 is 0 Å². The van der Waals surface area contributed by atoms with Gasteiger partial charge in [0.2, 0.25) is 5.91 Å². The van der Waals surface area contributed by atoms with Crippen LogP contribution in [0.25, 0.3) is 0 Å². The predicted octanol–water partition coefficient (Wildman–Crippen LogP) is -0.00310. The van der Waals surface area contributed by atoms with E-state index in [1.807, 2.05) is 0 Å². The van der Waals surface area contributed by atoms with Crippen molar-refractivity contribution in [1.82, 2.24) is 0 Å². The van der Waals surface area contributed by atoms with Gasteiger partial charge in [-0.15, -0.1) is 0 Å². The lowest BCUT2D eigenvalue weighted by Gasteiger charge is -2.33. The maximum Gasteiger partial charge on any atom is 0.220 e. The molecular formula is C8H15NO3. The highest BCUT2D eigenvalue weighted by Crippen LogP contribution is 2.32. The Hall–Kier alpha value is -0.610. The van der Waals surface area contributed by atoms with Crippen LogP contribution < -0.4 is 5.73 Å². The molecule has 1 aliphatic carbocycles. The summed E-state index contributed by atoms with van der Waals surface area (Å²) >= 11 is 0. The van der Waals surface area contributed by atoms with Crippen LogP contribution in [0, 0.1) is 5.92 Å². The van der Waals surface area contributed by atoms with Crippen LogP contribution in [0.2, 0.25) is 0 Å². The standard InChI is InChI=1S/C8H15NO3/c1-12-8(11)4-2-6(3-5-8)7(9)10/h6,11H,2-5H2,1H3,(H2,9,10). The Kier molecular flexibility index (Phi) is 2.69. The Labute approximate surface area is 71.7 Å². The van der Waals surface area contributed by atoms with Gasteiger partial charge in [0.25, 0.3) is 0 Å². The number of hydrogen-bond donors (Lipinski definition) is 2. The van der Waals surface area contributed by atoms with Crippen molar-refractivity contribution in [3.63, 3.8) is 0 Å². The van der Waals surface area contributed by atoms with E-state index in [0.717, 1.165) is 0 Å². The van der Waals surface area contributed by atoms with E-state index >= 15 is 0 Å². The smallest absolute Gasteiger partial charge is 0.220 e. The lowest BCUT2D eigenvalue weighted by Crippen LogP contribution is -2.39. The third-order valence-corrected chi connectivity index (χ3v) is 2.55. The normalized spacial score (nSPS) is 36.3. The van der Waals surface area contributed by atoms with Crippen molar-refractivity contribution in [2.75, 3.05) is 7.11 Å². The fourth-order valence-corrected chi connectivity index (χ4v) is 1.56. The van der Waals surface area contributed by atoms with Crippen LogP contribution in [0.5, 0.6) is 0 Å². The van der Waals surface area contributed by atoms with Gasteiger partial charge in [0.1, 0.15) is 0 Å². The topological polar surface area (TPSA) is 72.6 Å². The molecule has 1 amide bonds. The van der Waals surface area contributed by atoms with E-state index < -0.39 is 5.79 Å². The van der Waals surface area contributed by atoms with Gasteiger partial charge in [-0.1, -0.05) is 0 Å². The molecule has 3 N–H and O–H groups in total. The maximum atomic E-state index is 10.8. The number of methoxy groups -OCH3 is 1. The summed E-state index contributed by atoms with van der Waals surface area (Å²) < 4.78 is 4.91. The molecule has 1 aliphatic rings. The van der Waals surface area contributed by atoms with Crippen molar-refractivity contribution in [3.05, 3.63) is 0 Å². The molecule has 0 aromatic carbocycles. The first kappa shape index (κ1) is 9.48. The van der Waals surface area contributed by atoms with Crippen LogP contribution in [0.1, 0.15) is 25.7 Å². The molecule has 0 spiro atoms. The quantitative estimate of drug-likeness (QED) is 0.577. The summed E-state index contributed by atoms with van der Waals surface area (Å²) in [7, 11) is 1.48. The summed E-state index contributed by atoms with van der Waals surface area (Å²) in [4.78, 5) is 10.8. The minimum absolute atomic E-state index is 0.0829. The first-order valence-corrected chi connectivity index (χ1v) is 4.14. The molecule has 0 aromatic rings. The van der Waals surface area contributed by atoms with Crippen molar-refractivity contribution in [3.8, 4) is 0 Å². The van der Waals surface area contributed by atoms with Crippen LogP contribution in [0.4, 0.5) is 0 Å². The average molecular weight is 173 g/mol. The van der Waals surface area contributed by atoms with E-state index in [9.17, 15) is 9.90 Å². The molecule has 1 saturated carbocycles. The molecule has 4 nitrogen and oxygen atoms in total. The van der Waals surface area contributed by atoms with E-state index in [2.05, 4.69) is 0 Å². The molecule has 0 aliphatic heterocycles. The fraction of sp³-hybridized carbons (Fsp3) is 0.875. The molecular weight excluding hydrogens is 158 g/mol. The van der Waals surface area contributed by atoms with Gasteiger partial charge >= 0.3 is 0 Å². The van der Waals surface area contributed by atoms with Gasteiger partial charge in [0.15, 0.2) is 5.79 Å². The van der Waals surface area contributed by atoms with Gasteiger partial charge in [-0.05, 0) is 12.8 Å². The minimum Gasteiger partial charge on any atom is -0.369 e. The first-order chi connectivity index (χ1) is 5.57. The molecule has 1 fully saturated rings. The predicted molar refractivity (Wildman–Crippen MR) is 43.1 cm³/mol. The summed E-state index contributed by atoms with van der Waals surface area (Å²) in [5, 5.41) is 9.61. The molecule has 0 bridgehead atoms. The third kappa shape index (κ3) is 1.95. The van der Waals surface area contributed by atoms with Gasteiger partial charge in [-0.3, -0.25) is 4.79 Å². The number of nitrogens with two attached hydrogens (primary N) is 1. The zero-order chi connectivity index (χ0) is 9.19.